The van der Waals surface area contributed by atoms with Crippen molar-refractivity contribution in [3.63, 3.8) is 0 Å². The molecule has 10 aliphatic rings. The van der Waals surface area contributed by atoms with Gasteiger partial charge in [0.05, 0.1) is 64.1 Å². The van der Waals surface area contributed by atoms with E-state index < -0.39 is 222 Å². The van der Waals surface area contributed by atoms with Crippen LogP contribution in [0.2, 0.25) is 0 Å². The molecule has 4 saturated carbocycles. The van der Waals surface area contributed by atoms with Gasteiger partial charge in [-0.25, -0.2) is 0 Å². The van der Waals surface area contributed by atoms with Crippen LogP contribution in [-0.4, -0.2) is 326 Å². The highest BCUT2D eigenvalue weighted by molar-refractivity contribution is 5.17. The van der Waals surface area contributed by atoms with Crippen LogP contribution in [0.1, 0.15) is 79.1 Å². The van der Waals surface area contributed by atoms with E-state index in [4.69, 9.17) is 52.1 Å². The largest absolute Gasteiger partial charge is 0.394 e. The smallest absolute Gasteiger partial charge is 0.187 e. The normalized spacial score (nSPS) is 56.0. The maximum Gasteiger partial charge on any atom is 0.187 e. The first-order valence-electron chi connectivity index (χ1n) is 31.1. The summed E-state index contributed by atoms with van der Waals surface area (Å²) in [5, 5.41) is 217. The van der Waals surface area contributed by atoms with E-state index in [0.29, 0.717) is 25.7 Å². The summed E-state index contributed by atoms with van der Waals surface area (Å²) < 4.78 is 65.5. The van der Waals surface area contributed by atoms with E-state index >= 15 is 0 Å². The van der Waals surface area contributed by atoms with Gasteiger partial charge in [0.1, 0.15) is 122 Å². The average molecular weight is 1280 g/mol. The summed E-state index contributed by atoms with van der Waals surface area (Å²) in [7, 11) is 0. The van der Waals surface area contributed by atoms with Crippen LogP contribution in [0.25, 0.3) is 0 Å². The number of aliphatic hydroxyl groups excluding tert-OH is 19. The topological polar surface area (TPSA) is 506 Å². The van der Waals surface area contributed by atoms with Crippen molar-refractivity contribution in [3.8, 4) is 0 Å². The zero-order valence-electron chi connectivity index (χ0n) is 49.6. The van der Waals surface area contributed by atoms with E-state index in [1.165, 1.54) is 0 Å². The molecule has 0 amide bonds. The fourth-order valence-electron chi connectivity index (χ4n) is 17.2. The van der Waals surface area contributed by atoms with Crippen molar-refractivity contribution in [3.05, 3.63) is 0 Å². The molecule has 31 nitrogen and oxygen atoms in total. The quantitative estimate of drug-likeness (QED) is 0.0534. The fraction of sp³-hybridized carbons (Fsp3) is 1.00. The van der Waals surface area contributed by atoms with Crippen molar-refractivity contribution in [1.29, 1.82) is 0 Å². The number of fused-ring (bicyclic) bond motifs is 7. The molecular weight excluding hydrogens is 1180 g/mol. The van der Waals surface area contributed by atoms with Crippen LogP contribution in [0.4, 0.5) is 0 Å². The van der Waals surface area contributed by atoms with Crippen LogP contribution in [0.5, 0.6) is 0 Å². The summed E-state index contributed by atoms with van der Waals surface area (Å²) in [6.07, 6.45) is -44.7. The van der Waals surface area contributed by atoms with E-state index in [-0.39, 0.29) is 66.5 Å². The lowest BCUT2D eigenvalue weighted by Gasteiger charge is -2.63. The van der Waals surface area contributed by atoms with Crippen molar-refractivity contribution in [2.45, 2.75) is 263 Å². The Morgan fingerprint density at radius 3 is 1.51 bits per heavy atom. The van der Waals surface area contributed by atoms with Crippen LogP contribution in [0.15, 0.2) is 0 Å². The second kappa shape index (κ2) is 27.5. The molecule has 0 aromatic carbocycles. The van der Waals surface area contributed by atoms with E-state index in [1.54, 1.807) is 0 Å². The maximum absolute atomic E-state index is 12.2. The zero-order valence-corrected chi connectivity index (χ0v) is 49.6. The number of rotatable bonds is 19. The van der Waals surface area contributed by atoms with E-state index in [2.05, 4.69) is 13.8 Å². The predicted octanol–water partition coefficient (Wildman–Crippen LogP) is -8.19. The lowest BCUT2D eigenvalue weighted by atomic mass is 9.43. The molecule has 10 fully saturated rings. The average Bonchev–Trinajstić information content (AvgIpc) is 1.48. The molecule has 88 heavy (non-hydrogen) atoms. The summed E-state index contributed by atoms with van der Waals surface area (Å²) in [6, 6.07) is 0. The molecule has 0 spiro atoms. The van der Waals surface area contributed by atoms with Gasteiger partial charge in [-0.3, -0.25) is 0 Å². The Morgan fingerprint density at radius 1 is 0.466 bits per heavy atom. The molecule has 0 aromatic rings. The van der Waals surface area contributed by atoms with Gasteiger partial charge < -0.3 is 154 Å². The third-order valence-electron chi connectivity index (χ3n) is 22.3. The monoisotopic (exact) mass is 1280 g/mol. The molecule has 510 valence electrons. The minimum Gasteiger partial charge on any atom is -0.394 e. The second-order valence-corrected chi connectivity index (χ2v) is 27.4. The van der Waals surface area contributed by atoms with Crippen molar-refractivity contribution < 1.29 is 154 Å². The van der Waals surface area contributed by atoms with Crippen molar-refractivity contribution in [2.24, 2.45) is 52.3 Å². The van der Waals surface area contributed by atoms with Crippen LogP contribution in [0.3, 0.4) is 0 Å². The molecule has 39 atom stereocenters. The van der Waals surface area contributed by atoms with Gasteiger partial charge in [-0.2, -0.15) is 0 Å². The third-order valence-corrected chi connectivity index (χ3v) is 22.3. The van der Waals surface area contributed by atoms with Crippen molar-refractivity contribution in [2.75, 3.05) is 39.6 Å². The van der Waals surface area contributed by atoms with Gasteiger partial charge in [0.2, 0.25) is 0 Å². The Balaban J connectivity index is 0.788. The first kappa shape index (κ1) is 69.6. The highest BCUT2D eigenvalue weighted by atomic mass is 16.8. The van der Waals surface area contributed by atoms with Gasteiger partial charge in [-0.1, -0.05) is 27.7 Å². The fourth-order valence-corrected chi connectivity index (χ4v) is 17.2. The molecule has 0 radical (unpaired) electrons. The Hall–Kier alpha value is -1.24. The van der Waals surface area contributed by atoms with Gasteiger partial charge in [0, 0.05) is 12.3 Å². The van der Waals surface area contributed by atoms with Crippen LogP contribution >= 0.6 is 0 Å². The molecule has 6 aliphatic heterocycles. The lowest BCUT2D eigenvalue weighted by Crippen LogP contribution is -2.69. The molecular formula is C57H96O31. The number of hydrogen-bond acceptors (Lipinski definition) is 31. The Kier molecular flexibility index (Phi) is 21.7. The Bertz CT molecular complexity index is 2260. The summed E-state index contributed by atoms with van der Waals surface area (Å²) in [5.74, 6) is -2.06. The van der Waals surface area contributed by atoms with Gasteiger partial charge in [0.25, 0.3) is 0 Å². The van der Waals surface area contributed by atoms with Crippen LogP contribution < -0.4 is 0 Å². The number of ether oxygens (including phenoxy) is 11. The molecule has 20 N–H and O–H groups in total. The van der Waals surface area contributed by atoms with Gasteiger partial charge in [-0.15, -0.1) is 0 Å². The first-order valence-corrected chi connectivity index (χ1v) is 31.1. The molecule has 4 aliphatic carbocycles. The van der Waals surface area contributed by atoms with E-state index in [9.17, 15) is 102 Å². The van der Waals surface area contributed by atoms with Crippen LogP contribution in [0, 0.1) is 52.3 Å². The third kappa shape index (κ3) is 12.5. The highest BCUT2D eigenvalue weighted by Crippen LogP contribution is 2.71. The van der Waals surface area contributed by atoms with Gasteiger partial charge in [-0.05, 0) is 91.3 Å². The molecule has 31 heteroatoms. The molecule has 6 saturated heterocycles. The zero-order chi connectivity index (χ0) is 64.0. The van der Waals surface area contributed by atoms with E-state index in [0.717, 1.165) is 12.8 Å². The number of hydrogen-bond donors (Lipinski definition) is 20. The highest BCUT2D eigenvalue weighted by Gasteiger charge is 2.70. The SMILES string of the molecule is CC(CCC1(O)OC2CC3C4CC(O)C5CC(OC6OC(CO)C(OC7OC(CO)C(O)C(OC8OC(CO)C(O)C(O)C8O)C7OC7OC(CO)C(O)C(O)C7O)C(O)C6O)C(O)CC5(C)C4CCC3(C)C2C1C)COC1OC(CO)C(O)C(O)C1O. The van der Waals surface area contributed by atoms with Gasteiger partial charge >= 0.3 is 0 Å². The Morgan fingerprint density at radius 2 is 0.943 bits per heavy atom. The number of aliphatic hydroxyl groups is 20. The summed E-state index contributed by atoms with van der Waals surface area (Å²) in [5.41, 5.74) is -0.861. The predicted molar refractivity (Wildman–Crippen MR) is 287 cm³/mol. The van der Waals surface area contributed by atoms with E-state index in [1.807, 2.05) is 13.8 Å². The van der Waals surface area contributed by atoms with Gasteiger partial charge in [0.15, 0.2) is 37.2 Å². The summed E-state index contributed by atoms with van der Waals surface area (Å²) >= 11 is 0. The molecule has 6 heterocycles. The molecule has 0 bridgehead atoms. The standard InChI is InChI=1S/C57H96O31/c1-19(18-78-50-43(73)39(69)35(65)29(13-58)80-50)5-8-57(77)20(2)34-28(88-57)10-23-21-9-25(63)24-11-27(26(64)12-56(24,4)22(21)6-7-55(23,34)3)79-51-46(76)42(72)47(33(17-62)84-51)85-54-49(87-53-45(75)41(71)37(67)31(15-60)82-53)48(38(68)32(16-61)83-54)86-52-44(74)40(70)36(66)30(14-59)81-52/h19-54,58-77H,5-18H2,1-4H3. The first-order chi connectivity index (χ1) is 41.6. The van der Waals surface area contributed by atoms with Crippen LogP contribution in [-0.2, 0) is 52.1 Å². The second-order valence-electron chi connectivity index (χ2n) is 27.4. The molecule has 10 rings (SSSR count). The maximum atomic E-state index is 12.2. The molecule has 39 unspecified atom stereocenters. The molecule has 0 aromatic heterocycles. The van der Waals surface area contributed by atoms with Crippen molar-refractivity contribution in [1.82, 2.24) is 0 Å². The Labute approximate surface area is 507 Å². The minimum atomic E-state index is -2.10. The lowest BCUT2D eigenvalue weighted by molar-refractivity contribution is -0.407. The summed E-state index contributed by atoms with van der Waals surface area (Å²) in [6.45, 7) is 4.03. The summed E-state index contributed by atoms with van der Waals surface area (Å²) in [4.78, 5) is 0. The van der Waals surface area contributed by atoms with Crippen molar-refractivity contribution >= 4 is 0 Å². The minimum absolute atomic E-state index is 0.00523.